The van der Waals surface area contributed by atoms with E-state index >= 15 is 0 Å². The molecule has 0 spiro atoms. The highest BCUT2D eigenvalue weighted by molar-refractivity contribution is 6.42. The van der Waals surface area contributed by atoms with Crippen LogP contribution in [0.25, 0.3) is 0 Å². The average molecular weight is 233 g/mol. The number of benzene rings is 1. The Labute approximate surface area is 94.7 Å². The van der Waals surface area contributed by atoms with Gasteiger partial charge in [-0.1, -0.05) is 43.1 Å². The number of hydrogen-bond acceptors (Lipinski definition) is 1. The van der Waals surface area contributed by atoms with Crippen LogP contribution in [-0.2, 0) is 5.60 Å². The Morgan fingerprint density at radius 3 is 2.21 bits per heavy atom. The van der Waals surface area contributed by atoms with Gasteiger partial charge in [-0.25, -0.2) is 0 Å². The van der Waals surface area contributed by atoms with E-state index in [1.807, 2.05) is 13.8 Å². The maximum absolute atomic E-state index is 10.2. The summed E-state index contributed by atoms with van der Waals surface area (Å²) >= 11 is 11.7. The molecule has 0 aliphatic rings. The summed E-state index contributed by atoms with van der Waals surface area (Å²) < 4.78 is 0. The van der Waals surface area contributed by atoms with Crippen LogP contribution in [0.1, 0.15) is 26.3 Å². The first-order chi connectivity index (χ1) is 6.35. The Kier molecular flexibility index (Phi) is 3.46. The first-order valence-corrected chi connectivity index (χ1v) is 5.29. The molecule has 0 heterocycles. The Morgan fingerprint density at radius 2 is 1.79 bits per heavy atom. The Hall–Kier alpha value is -0.240. The summed E-state index contributed by atoms with van der Waals surface area (Å²) in [7, 11) is 0. The molecule has 1 nitrogen and oxygen atoms in total. The monoisotopic (exact) mass is 232 g/mol. The molecule has 1 rings (SSSR count). The summed E-state index contributed by atoms with van der Waals surface area (Å²) in [6, 6.07) is 5.22. The fourth-order valence-electron chi connectivity index (χ4n) is 1.14. The first kappa shape index (κ1) is 11.8. The fourth-order valence-corrected chi connectivity index (χ4v) is 1.44. The minimum absolute atomic E-state index is 0.125. The lowest BCUT2D eigenvalue weighted by molar-refractivity contribution is 0.00906. The third-order valence-corrected chi connectivity index (χ3v) is 3.37. The topological polar surface area (TPSA) is 20.2 Å². The van der Waals surface area contributed by atoms with Crippen molar-refractivity contribution in [1.29, 1.82) is 0 Å². The number of hydrogen-bond donors (Lipinski definition) is 1. The van der Waals surface area contributed by atoms with Gasteiger partial charge in [0.05, 0.1) is 15.6 Å². The molecular weight excluding hydrogens is 219 g/mol. The van der Waals surface area contributed by atoms with Crippen LogP contribution in [0.2, 0.25) is 10.0 Å². The standard InChI is InChI=1S/C11H14Cl2O/c1-7(2)11(3,14)8-4-5-9(12)10(13)6-8/h4-7,14H,1-3H3/t11-/m1/s1. The van der Waals surface area contributed by atoms with Crippen LogP contribution in [-0.4, -0.2) is 5.11 Å². The van der Waals surface area contributed by atoms with E-state index in [-0.39, 0.29) is 5.92 Å². The molecule has 0 amide bonds. The molecule has 0 aromatic heterocycles. The lowest BCUT2D eigenvalue weighted by Gasteiger charge is -2.28. The molecule has 1 aromatic rings. The summed E-state index contributed by atoms with van der Waals surface area (Å²) in [5.41, 5.74) is -0.0734. The maximum Gasteiger partial charge on any atom is 0.0891 e. The normalized spacial score (nSPS) is 15.6. The van der Waals surface area contributed by atoms with Gasteiger partial charge < -0.3 is 5.11 Å². The summed E-state index contributed by atoms with van der Waals surface area (Å²) in [6.07, 6.45) is 0. The van der Waals surface area contributed by atoms with Gasteiger partial charge in [-0.2, -0.15) is 0 Å². The molecule has 1 atom stereocenters. The second-order valence-electron chi connectivity index (χ2n) is 3.93. The first-order valence-electron chi connectivity index (χ1n) is 4.53. The molecule has 1 N–H and O–H groups in total. The fraction of sp³-hybridized carbons (Fsp3) is 0.455. The minimum Gasteiger partial charge on any atom is -0.385 e. The quantitative estimate of drug-likeness (QED) is 0.822. The van der Waals surface area contributed by atoms with Crippen LogP contribution < -0.4 is 0 Å². The highest BCUT2D eigenvalue weighted by Crippen LogP contribution is 2.32. The SMILES string of the molecule is CC(C)[C@@](C)(O)c1ccc(Cl)c(Cl)c1. The molecule has 0 saturated carbocycles. The molecular formula is C11H14Cl2O. The van der Waals surface area contributed by atoms with Gasteiger partial charge in [0.25, 0.3) is 0 Å². The highest BCUT2D eigenvalue weighted by atomic mass is 35.5. The number of aliphatic hydroxyl groups is 1. The van der Waals surface area contributed by atoms with Gasteiger partial charge in [-0.3, -0.25) is 0 Å². The molecule has 3 heteroatoms. The molecule has 0 radical (unpaired) electrons. The van der Waals surface area contributed by atoms with E-state index in [2.05, 4.69) is 0 Å². The van der Waals surface area contributed by atoms with Crippen molar-refractivity contribution >= 4 is 23.2 Å². The van der Waals surface area contributed by atoms with Crippen molar-refractivity contribution in [2.24, 2.45) is 5.92 Å². The van der Waals surface area contributed by atoms with Crippen LogP contribution in [0.4, 0.5) is 0 Å². The Balaban J connectivity index is 3.14. The summed E-state index contributed by atoms with van der Waals surface area (Å²) in [5.74, 6) is 0.125. The van der Waals surface area contributed by atoms with E-state index in [4.69, 9.17) is 23.2 Å². The Morgan fingerprint density at radius 1 is 1.21 bits per heavy atom. The zero-order valence-electron chi connectivity index (χ0n) is 8.51. The van der Waals surface area contributed by atoms with Gasteiger partial charge in [0, 0.05) is 0 Å². The highest BCUT2D eigenvalue weighted by Gasteiger charge is 2.27. The maximum atomic E-state index is 10.2. The van der Waals surface area contributed by atoms with Crippen molar-refractivity contribution in [2.45, 2.75) is 26.4 Å². The molecule has 0 saturated heterocycles. The molecule has 0 aliphatic carbocycles. The van der Waals surface area contributed by atoms with E-state index in [1.54, 1.807) is 25.1 Å². The zero-order chi connectivity index (χ0) is 10.9. The van der Waals surface area contributed by atoms with Crippen molar-refractivity contribution in [3.63, 3.8) is 0 Å². The largest absolute Gasteiger partial charge is 0.385 e. The smallest absolute Gasteiger partial charge is 0.0891 e. The van der Waals surface area contributed by atoms with Gasteiger partial charge in [0.15, 0.2) is 0 Å². The summed E-state index contributed by atoms with van der Waals surface area (Å²) in [4.78, 5) is 0. The third kappa shape index (κ3) is 2.22. The predicted molar refractivity (Wildman–Crippen MR) is 60.9 cm³/mol. The summed E-state index contributed by atoms with van der Waals surface area (Å²) in [5, 5.41) is 11.2. The third-order valence-electron chi connectivity index (χ3n) is 2.63. The van der Waals surface area contributed by atoms with E-state index < -0.39 is 5.60 Å². The molecule has 0 fully saturated rings. The van der Waals surface area contributed by atoms with E-state index in [9.17, 15) is 5.11 Å². The van der Waals surface area contributed by atoms with Gasteiger partial charge in [0.2, 0.25) is 0 Å². The van der Waals surface area contributed by atoms with Crippen molar-refractivity contribution in [2.75, 3.05) is 0 Å². The van der Waals surface area contributed by atoms with E-state index in [0.29, 0.717) is 10.0 Å². The predicted octanol–water partition coefficient (Wildman–Crippen LogP) is 3.86. The van der Waals surface area contributed by atoms with Crippen molar-refractivity contribution < 1.29 is 5.11 Å². The van der Waals surface area contributed by atoms with Gasteiger partial charge in [0.1, 0.15) is 0 Å². The molecule has 0 unspecified atom stereocenters. The Bertz CT molecular complexity index is 332. The van der Waals surface area contributed by atoms with Crippen LogP contribution in [0.15, 0.2) is 18.2 Å². The zero-order valence-corrected chi connectivity index (χ0v) is 10.0. The van der Waals surface area contributed by atoms with E-state index in [1.165, 1.54) is 0 Å². The lowest BCUT2D eigenvalue weighted by atomic mass is 9.85. The van der Waals surface area contributed by atoms with E-state index in [0.717, 1.165) is 5.56 Å². The lowest BCUT2D eigenvalue weighted by Crippen LogP contribution is -2.27. The van der Waals surface area contributed by atoms with Gasteiger partial charge in [-0.15, -0.1) is 0 Å². The van der Waals surface area contributed by atoms with Crippen molar-refractivity contribution in [1.82, 2.24) is 0 Å². The second-order valence-corrected chi connectivity index (χ2v) is 4.75. The van der Waals surface area contributed by atoms with Crippen LogP contribution in [0.3, 0.4) is 0 Å². The summed E-state index contributed by atoms with van der Waals surface area (Å²) in [6.45, 7) is 5.70. The second kappa shape index (κ2) is 4.09. The average Bonchev–Trinajstić information content (AvgIpc) is 2.09. The molecule has 1 aromatic carbocycles. The molecule has 78 valence electrons. The number of rotatable bonds is 2. The van der Waals surface area contributed by atoms with Crippen molar-refractivity contribution in [3.05, 3.63) is 33.8 Å². The van der Waals surface area contributed by atoms with Crippen LogP contribution in [0, 0.1) is 5.92 Å². The minimum atomic E-state index is -0.867. The van der Waals surface area contributed by atoms with Gasteiger partial charge >= 0.3 is 0 Å². The molecule has 14 heavy (non-hydrogen) atoms. The number of halogens is 2. The van der Waals surface area contributed by atoms with Crippen molar-refractivity contribution in [3.8, 4) is 0 Å². The molecule has 0 aliphatic heterocycles. The van der Waals surface area contributed by atoms with Gasteiger partial charge in [-0.05, 0) is 30.5 Å². The van der Waals surface area contributed by atoms with Crippen LogP contribution >= 0.6 is 23.2 Å². The molecule has 0 bridgehead atoms. The van der Waals surface area contributed by atoms with Crippen LogP contribution in [0.5, 0.6) is 0 Å².